The van der Waals surface area contributed by atoms with Gasteiger partial charge >= 0.3 is 0 Å². The highest BCUT2D eigenvalue weighted by Gasteiger charge is 2.09. The van der Waals surface area contributed by atoms with Gasteiger partial charge in [0.1, 0.15) is 0 Å². The van der Waals surface area contributed by atoms with Crippen molar-refractivity contribution in [1.29, 1.82) is 0 Å². The van der Waals surface area contributed by atoms with Crippen molar-refractivity contribution in [1.82, 2.24) is 5.32 Å². The van der Waals surface area contributed by atoms with Gasteiger partial charge in [0.15, 0.2) is 0 Å². The SMILES string of the molecule is C=C(C)C(=O)NCC(C)COS(C)(=O)=O. The van der Waals surface area contributed by atoms with Gasteiger partial charge in [-0.25, -0.2) is 0 Å². The lowest BCUT2D eigenvalue weighted by atomic mass is 10.2. The molecule has 0 bridgehead atoms. The van der Waals surface area contributed by atoms with Crippen molar-refractivity contribution in [3.8, 4) is 0 Å². The fourth-order valence-corrected chi connectivity index (χ4v) is 1.20. The molecule has 6 heteroatoms. The number of rotatable bonds is 6. The van der Waals surface area contributed by atoms with Crippen LogP contribution in [0.4, 0.5) is 0 Å². The average Bonchev–Trinajstić information content (AvgIpc) is 2.09. The zero-order valence-electron chi connectivity index (χ0n) is 9.24. The van der Waals surface area contributed by atoms with Crippen LogP contribution in [0.15, 0.2) is 12.2 Å². The number of carbonyl (C=O) groups excluding carboxylic acids is 1. The van der Waals surface area contributed by atoms with Crippen molar-refractivity contribution in [3.05, 3.63) is 12.2 Å². The minimum atomic E-state index is -3.40. The monoisotopic (exact) mass is 235 g/mol. The molecule has 1 atom stereocenters. The van der Waals surface area contributed by atoms with Crippen molar-refractivity contribution in [2.45, 2.75) is 13.8 Å². The van der Waals surface area contributed by atoms with E-state index < -0.39 is 10.1 Å². The van der Waals surface area contributed by atoms with Crippen molar-refractivity contribution < 1.29 is 17.4 Å². The Morgan fingerprint density at radius 3 is 2.47 bits per heavy atom. The molecule has 0 aliphatic heterocycles. The minimum Gasteiger partial charge on any atom is -0.352 e. The molecule has 0 aliphatic carbocycles. The molecule has 0 spiro atoms. The molecule has 1 unspecified atom stereocenters. The van der Waals surface area contributed by atoms with Crippen molar-refractivity contribution in [2.24, 2.45) is 5.92 Å². The summed E-state index contributed by atoms with van der Waals surface area (Å²) in [4.78, 5) is 11.1. The van der Waals surface area contributed by atoms with E-state index in [0.717, 1.165) is 6.26 Å². The van der Waals surface area contributed by atoms with Crippen LogP contribution >= 0.6 is 0 Å². The summed E-state index contributed by atoms with van der Waals surface area (Å²) in [6, 6.07) is 0. The third-order valence-corrected chi connectivity index (χ3v) is 2.13. The lowest BCUT2D eigenvalue weighted by Gasteiger charge is -2.11. The summed E-state index contributed by atoms with van der Waals surface area (Å²) in [5.74, 6) is -0.302. The Kier molecular flexibility index (Phi) is 5.53. The second-order valence-electron chi connectivity index (χ2n) is 3.58. The van der Waals surface area contributed by atoms with Crippen LogP contribution in [0.1, 0.15) is 13.8 Å². The Balaban J connectivity index is 3.81. The van der Waals surface area contributed by atoms with Gasteiger partial charge in [-0.15, -0.1) is 0 Å². The summed E-state index contributed by atoms with van der Waals surface area (Å²) in [6.07, 6.45) is 0.992. The first-order valence-electron chi connectivity index (χ1n) is 4.50. The van der Waals surface area contributed by atoms with Crippen molar-refractivity contribution in [2.75, 3.05) is 19.4 Å². The smallest absolute Gasteiger partial charge is 0.264 e. The lowest BCUT2D eigenvalue weighted by Crippen LogP contribution is -2.30. The van der Waals surface area contributed by atoms with Gasteiger partial charge in [-0.2, -0.15) is 8.42 Å². The van der Waals surface area contributed by atoms with Gasteiger partial charge in [0.25, 0.3) is 10.1 Å². The standard InChI is InChI=1S/C9H17NO4S/c1-7(2)9(11)10-5-8(3)6-14-15(4,12)13/h8H,1,5-6H2,2-4H3,(H,10,11). The Morgan fingerprint density at radius 2 is 2.07 bits per heavy atom. The van der Waals surface area contributed by atoms with E-state index in [9.17, 15) is 13.2 Å². The number of hydrogen-bond acceptors (Lipinski definition) is 4. The fraction of sp³-hybridized carbons (Fsp3) is 0.667. The predicted molar refractivity (Wildman–Crippen MR) is 57.8 cm³/mol. The zero-order chi connectivity index (χ0) is 12.1. The Labute approximate surface area is 90.6 Å². The maximum Gasteiger partial charge on any atom is 0.264 e. The summed E-state index contributed by atoms with van der Waals surface area (Å²) in [6.45, 7) is 7.29. The third-order valence-electron chi connectivity index (χ3n) is 1.57. The quantitative estimate of drug-likeness (QED) is 0.530. The number of hydrogen-bond donors (Lipinski definition) is 1. The molecule has 0 aromatic heterocycles. The molecular formula is C9H17NO4S. The van der Waals surface area contributed by atoms with Crippen LogP contribution in [0.3, 0.4) is 0 Å². The highest BCUT2D eigenvalue weighted by molar-refractivity contribution is 7.85. The highest BCUT2D eigenvalue weighted by Crippen LogP contribution is 1.98. The molecule has 15 heavy (non-hydrogen) atoms. The summed E-state index contributed by atoms with van der Waals surface area (Å²) in [5.41, 5.74) is 0.422. The van der Waals surface area contributed by atoms with Crippen molar-refractivity contribution in [3.63, 3.8) is 0 Å². The van der Waals surface area contributed by atoms with Crippen LogP contribution in [0.5, 0.6) is 0 Å². The van der Waals surface area contributed by atoms with E-state index in [1.54, 1.807) is 13.8 Å². The van der Waals surface area contributed by atoms with E-state index in [4.69, 9.17) is 0 Å². The van der Waals surface area contributed by atoms with E-state index in [2.05, 4.69) is 16.1 Å². The number of amides is 1. The van der Waals surface area contributed by atoms with Gasteiger partial charge in [-0.1, -0.05) is 13.5 Å². The Hall–Kier alpha value is -0.880. The van der Waals surface area contributed by atoms with E-state index in [1.807, 2.05) is 0 Å². The molecule has 5 nitrogen and oxygen atoms in total. The molecule has 0 aromatic rings. The van der Waals surface area contributed by atoms with Gasteiger partial charge < -0.3 is 5.32 Å². The zero-order valence-corrected chi connectivity index (χ0v) is 10.1. The molecular weight excluding hydrogens is 218 g/mol. The Bertz CT molecular complexity index is 334. The van der Waals surface area contributed by atoms with Crippen LogP contribution in [-0.4, -0.2) is 33.7 Å². The first-order chi connectivity index (χ1) is 6.72. The molecule has 0 aliphatic rings. The van der Waals surface area contributed by atoms with Gasteiger partial charge in [0, 0.05) is 12.1 Å². The molecule has 0 saturated carbocycles. The topological polar surface area (TPSA) is 72.5 Å². The highest BCUT2D eigenvalue weighted by atomic mass is 32.2. The molecule has 1 N–H and O–H groups in total. The first-order valence-corrected chi connectivity index (χ1v) is 6.32. The first kappa shape index (κ1) is 14.1. The fourth-order valence-electron chi connectivity index (χ4n) is 0.716. The van der Waals surface area contributed by atoms with E-state index in [1.165, 1.54) is 0 Å². The van der Waals surface area contributed by atoms with Crippen LogP contribution in [0, 0.1) is 5.92 Å². The Morgan fingerprint density at radius 1 is 1.53 bits per heavy atom. The van der Waals surface area contributed by atoms with E-state index in [-0.39, 0.29) is 18.4 Å². The van der Waals surface area contributed by atoms with Crippen molar-refractivity contribution >= 4 is 16.0 Å². The summed E-state index contributed by atoms with van der Waals surface area (Å²) < 4.78 is 25.9. The van der Waals surface area contributed by atoms with Gasteiger partial charge in [-0.3, -0.25) is 8.98 Å². The molecule has 0 heterocycles. The predicted octanol–water partition coefficient (Wildman–Crippen LogP) is 0.291. The van der Waals surface area contributed by atoms with E-state index in [0.29, 0.717) is 12.1 Å². The second-order valence-corrected chi connectivity index (χ2v) is 5.23. The molecule has 1 amide bonds. The van der Waals surface area contributed by atoms with Crippen LogP contribution in [-0.2, 0) is 19.1 Å². The molecule has 88 valence electrons. The average molecular weight is 235 g/mol. The van der Waals surface area contributed by atoms with Crippen LogP contribution in [0.25, 0.3) is 0 Å². The molecule has 0 fully saturated rings. The second kappa shape index (κ2) is 5.87. The van der Waals surface area contributed by atoms with Gasteiger partial charge in [-0.05, 0) is 12.8 Å². The largest absolute Gasteiger partial charge is 0.352 e. The van der Waals surface area contributed by atoms with Crippen LogP contribution in [0.2, 0.25) is 0 Å². The van der Waals surface area contributed by atoms with Gasteiger partial charge in [0.2, 0.25) is 5.91 Å². The molecule has 0 saturated heterocycles. The lowest BCUT2D eigenvalue weighted by molar-refractivity contribution is -0.117. The normalized spacial score (nSPS) is 13.3. The summed E-state index contributed by atoms with van der Waals surface area (Å²) in [7, 11) is -3.40. The third kappa shape index (κ3) is 8.14. The van der Waals surface area contributed by atoms with Crippen LogP contribution < -0.4 is 5.32 Å². The summed E-state index contributed by atoms with van der Waals surface area (Å²) in [5, 5.41) is 2.60. The van der Waals surface area contributed by atoms with E-state index >= 15 is 0 Å². The minimum absolute atomic E-state index is 0.0648. The van der Waals surface area contributed by atoms with Gasteiger partial charge in [0.05, 0.1) is 12.9 Å². The number of nitrogens with one attached hydrogen (secondary N) is 1. The number of carbonyl (C=O) groups is 1. The summed E-state index contributed by atoms with van der Waals surface area (Å²) >= 11 is 0. The molecule has 0 rings (SSSR count). The maximum atomic E-state index is 11.1. The molecule has 0 radical (unpaired) electrons. The molecule has 0 aromatic carbocycles. The maximum absolute atomic E-state index is 11.1.